The number of benzene rings is 1. The minimum Gasteiger partial charge on any atom is -0.496 e. The van der Waals surface area contributed by atoms with Crippen molar-refractivity contribution in [1.82, 2.24) is 14.8 Å². The van der Waals surface area contributed by atoms with Crippen molar-refractivity contribution in [3.63, 3.8) is 0 Å². The van der Waals surface area contributed by atoms with Gasteiger partial charge >= 0.3 is 0 Å². The van der Waals surface area contributed by atoms with Crippen molar-refractivity contribution in [1.29, 1.82) is 0 Å². The number of furan rings is 1. The van der Waals surface area contributed by atoms with Crippen molar-refractivity contribution < 1.29 is 13.9 Å². The van der Waals surface area contributed by atoms with Crippen LogP contribution >= 0.6 is 0 Å². The van der Waals surface area contributed by atoms with Crippen LogP contribution in [0.1, 0.15) is 65.7 Å². The molecule has 1 aromatic carbocycles. The molecule has 1 atom stereocenters. The van der Waals surface area contributed by atoms with Gasteiger partial charge in [0.15, 0.2) is 0 Å². The van der Waals surface area contributed by atoms with Gasteiger partial charge in [0.05, 0.1) is 19.4 Å². The van der Waals surface area contributed by atoms with Crippen molar-refractivity contribution in [2.75, 3.05) is 20.2 Å². The molecule has 1 aliphatic rings. The number of methoxy groups -OCH3 is 1. The maximum atomic E-state index is 13.3. The molecule has 0 bridgehead atoms. The maximum absolute atomic E-state index is 13.3. The van der Waals surface area contributed by atoms with Crippen LogP contribution in [0.25, 0.3) is 0 Å². The van der Waals surface area contributed by atoms with E-state index in [-0.39, 0.29) is 17.5 Å². The van der Waals surface area contributed by atoms with E-state index >= 15 is 0 Å². The van der Waals surface area contributed by atoms with E-state index in [0.717, 1.165) is 19.6 Å². The normalized spacial score (nSPS) is 15.0. The van der Waals surface area contributed by atoms with Gasteiger partial charge in [-0.15, -0.1) is 0 Å². The van der Waals surface area contributed by atoms with E-state index in [9.17, 15) is 9.59 Å². The zero-order valence-electron chi connectivity index (χ0n) is 20.3. The monoisotopic (exact) mass is 463 g/mol. The molecule has 0 saturated carbocycles. The molecule has 3 aromatic rings. The quantitative estimate of drug-likeness (QED) is 0.570. The predicted octanol–water partition coefficient (Wildman–Crippen LogP) is 4.12. The van der Waals surface area contributed by atoms with Gasteiger partial charge in [-0.05, 0) is 36.1 Å². The molecule has 4 rings (SSSR count). The summed E-state index contributed by atoms with van der Waals surface area (Å²) >= 11 is 0. The number of rotatable bonds is 7. The van der Waals surface area contributed by atoms with E-state index < -0.39 is 0 Å². The SMILES string of the molecule is COc1cc(=O)n2c(c1C(=O)NC(C)c1ccco1)CCN(Cc1ccc(C(C)C)cc1)CC2. The Morgan fingerprint density at radius 3 is 2.53 bits per heavy atom. The summed E-state index contributed by atoms with van der Waals surface area (Å²) in [5, 5.41) is 2.99. The minimum atomic E-state index is -0.309. The molecule has 7 heteroatoms. The summed E-state index contributed by atoms with van der Waals surface area (Å²) in [4.78, 5) is 28.5. The smallest absolute Gasteiger partial charge is 0.257 e. The number of amides is 1. The average molecular weight is 464 g/mol. The summed E-state index contributed by atoms with van der Waals surface area (Å²) in [5.74, 6) is 1.20. The zero-order chi connectivity index (χ0) is 24.2. The van der Waals surface area contributed by atoms with Crippen LogP contribution in [0.2, 0.25) is 0 Å². The molecule has 34 heavy (non-hydrogen) atoms. The molecule has 3 heterocycles. The molecule has 0 spiro atoms. The predicted molar refractivity (Wildman–Crippen MR) is 131 cm³/mol. The molecule has 0 radical (unpaired) electrons. The van der Waals surface area contributed by atoms with Gasteiger partial charge in [0.25, 0.3) is 11.5 Å². The van der Waals surface area contributed by atoms with Crippen LogP contribution in [0.15, 0.2) is 57.9 Å². The Morgan fingerprint density at radius 2 is 1.88 bits per heavy atom. The first kappa shape index (κ1) is 23.8. The molecule has 0 saturated heterocycles. The fourth-order valence-electron chi connectivity index (χ4n) is 4.50. The Balaban J connectivity index is 1.56. The average Bonchev–Trinajstić information content (AvgIpc) is 3.28. The summed E-state index contributed by atoms with van der Waals surface area (Å²) in [6.45, 7) is 9.04. The van der Waals surface area contributed by atoms with Crippen molar-refractivity contribution in [3.8, 4) is 5.75 Å². The fourth-order valence-corrected chi connectivity index (χ4v) is 4.50. The summed E-state index contributed by atoms with van der Waals surface area (Å²) in [7, 11) is 1.49. The second-order valence-electron chi connectivity index (χ2n) is 9.16. The summed E-state index contributed by atoms with van der Waals surface area (Å²) in [6, 6.07) is 13.4. The summed E-state index contributed by atoms with van der Waals surface area (Å²) < 4.78 is 12.6. The zero-order valence-corrected chi connectivity index (χ0v) is 20.3. The molecular formula is C27H33N3O4. The summed E-state index contributed by atoms with van der Waals surface area (Å²) in [5.41, 5.74) is 3.55. The third-order valence-electron chi connectivity index (χ3n) is 6.50. The van der Waals surface area contributed by atoms with E-state index in [1.807, 2.05) is 13.0 Å². The Bertz CT molecular complexity index is 1180. The highest BCUT2D eigenvalue weighted by molar-refractivity contribution is 5.98. The third kappa shape index (κ3) is 5.09. The third-order valence-corrected chi connectivity index (χ3v) is 6.50. The van der Waals surface area contributed by atoms with E-state index in [0.29, 0.717) is 41.7 Å². The molecule has 7 nitrogen and oxygen atoms in total. The first-order valence-corrected chi connectivity index (χ1v) is 11.8. The highest BCUT2D eigenvalue weighted by Crippen LogP contribution is 2.25. The molecule has 1 aliphatic heterocycles. The highest BCUT2D eigenvalue weighted by Gasteiger charge is 2.26. The number of pyridine rings is 1. The lowest BCUT2D eigenvalue weighted by Gasteiger charge is -2.20. The van der Waals surface area contributed by atoms with E-state index in [1.54, 1.807) is 16.9 Å². The molecule has 1 amide bonds. The number of hydrogen-bond acceptors (Lipinski definition) is 5. The Morgan fingerprint density at radius 1 is 1.12 bits per heavy atom. The number of carbonyl (C=O) groups is 1. The largest absolute Gasteiger partial charge is 0.496 e. The van der Waals surface area contributed by atoms with Crippen LogP contribution in [-0.4, -0.2) is 35.6 Å². The van der Waals surface area contributed by atoms with Crippen LogP contribution in [0.3, 0.4) is 0 Å². The first-order valence-electron chi connectivity index (χ1n) is 11.8. The second-order valence-corrected chi connectivity index (χ2v) is 9.16. The number of nitrogens with one attached hydrogen (secondary N) is 1. The van der Waals surface area contributed by atoms with E-state index in [4.69, 9.17) is 9.15 Å². The van der Waals surface area contributed by atoms with Crippen molar-refractivity contribution >= 4 is 5.91 Å². The van der Waals surface area contributed by atoms with Crippen LogP contribution in [-0.2, 0) is 19.5 Å². The van der Waals surface area contributed by atoms with Crippen molar-refractivity contribution in [3.05, 3.63) is 87.2 Å². The van der Waals surface area contributed by atoms with Crippen LogP contribution in [0.4, 0.5) is 0 Å². The van der Waals surface area contributed by atoms with E-state index in [2.05, 4.69) is 48.3 Å². The van der Waals surface area contributed by atoms with Crippen molar-refractivity contribution in [2.24, 2.45) is 0 Å². The molecular weight excluding hydrogens is 430 g/mol. The molecule has 180 valence electrons. The van der Waals surface area contributed by atoms with Crippen LogP contribution in [0, 0.1) is 0 Å². The first-order chi connectivity index (χ1) is 16.4. The molecule has 0 fully saturated rings. The lowest BCUT2D eigenvalue weighted by Crippen LogP contribution is -2.32. The van der Waals surface area contributed by atoms with Gasteiger partial charge < -0.3 is 19.0 Å². The van der Waals surface area contributed by atoms with E-state index in [1.165, 1.54) is 24.3 Å². The van der Waals surface area contributed by atoms with Gasteiger partial charge in [0, 0.05) is 44.4 Å². The number of fused-ring (bicyclic) bond motifs is 1. The maximum Gasteiger partial charge on any atom is 0.257 e. The lowest BCUT2D eigenvalue weighted by atomic mass is 10.0. The van der Waals surface area contributed by atoms with Gasteiger partial charge in [0.2, 0.25) is 0 Å². The number of aromatic nitrogens is 1. The van der Waals surface area contributed by atoms with Gasteiger partial charge in [-0.3, -0.25) is 14.5 Å². The van der Waals surface area contributed by atoms with Crippen LogP contribution in [0.5, 0.6) is 5.75 Å². The number of hydrogen-bond donors (Lipinski definition) is 1. The summed E-state index contributed by atoms with van der Waals surface area (Å²) in [6.07, 6.45) is 2.16. The molecule has 1 unspecified atom stereocenters. The van der Waals surface area contributed by atoms with Crippen molar-refractivity contribution in [2.45, 2.75) is 52.2 Å². The van der Waals surface area contributed by atoms with Gasteiger partial charge in [0.1, 0.15) is 17.1 Å². The number of carbonyl (C=O) groups excluding carboxylic acids is 1. The Labute approximate surface area is 200 Å². The van der Waals surface area contributed by atoms with Gasteiger partial charge in [-0.25, -0.2) is 0 Å². The van der Waals surface area contributed by atoms with Crippen LogP contribution < -0.4 is 15.6 Å². The molecule has 2 aromatic heterocycles. The number of ether oxygens (including phenoxy) is 1. The lowest BCUT2D eigenvalue weighted by molar-refractivity contribution is 0.0930. The molecule has 1 N–H and O–H groups in total. The minimum absolute atomic E-state index is 0.148. The second kappa shape index (κ2) is 10.3. The standard InChI is InChI=1S/C27H33N3O4/c1-18(2)21-9-7-20(8-10-21)17-29-12-11-22-26(24(33-4)16-25(31)30(22)14-13-29)27(32)28-19(3)23-6-5-15-34-23/h5-10,15-16,18-19H,11-14,17H2,1-4H3,(H,28,32). The fraction of sp³-hybridized carbons (Fsp3) is 0.407. The molecule has 0 aliphatic carbocycles. The van der Waals surface area contributed by atoms with Gasteiger partial charge in [-0.2, -0.15) is 0 Å². The topological polar surface area (TPSA) is 76.7 Å². The number of nitrogens with zero attached hydrogens (tertiary/aromatic N) is 2. The van der Waals surface area contributed by atoms with Gasteiger partial charge in [-0.1, -0.05) is 38.1 Å². The Kier molecular flexibility index (Phi) is 7.22. The Hall–Kier alpha value is -3.32. The highest BCUT2D eigenvalue weighted by atomic mass is 16.5.